The van der Waals surface area contributed by atoms with E-state index in [9.17, 15) is 14.0 Å². The minimum absolute atomic E-state index is 0.0969. The molecule has 0 radical (unpaired) electrons. The van der Waals surface area contributed by atoms with Gasteiger partial charge in [0, 0.05) is 10.4 Å². The molecule has 0 N–H and O–H groups in total. The Labute approximate surface area is 167 Å². The lowest BCUT2D eigenvalue weighted by Gasteiger charge is -2.18. The number of anilines is 1. The van der Waals surface area contributed by atoms with Crippen molar-refractivity contribution in [3.05, 3.63) is 46.1 Å². The molecule has 1 aliphatic heterocycles. The molecular formula is C22H21FN2O2S. The molecule has 3 fully saturated rings. The van der Waals surface area contributed by atoms with Crippen LogP contribution in [0.3, 0.4) is 0 Å². The first-order valence-corrected chi connectivity index (χ1v) is 10.5. The van der Waals surface area contributed by atoms with Gasteiger partial charge < -0.3 is 0 Å². The summed E-state index contributed by atoms with van der Waals surface area (Å²) in [5.74, 6) is -0.539. The molecule has 1 saturated heterocycles. The van der Waals surface area contributed by atoms with Crippen molar-refractivity contribution in [2.75, 3.05) is 4.90 Å². The summed E-state index contributed by atoms with van der Waals surface area (Å²) in [5.41, 5.74) is 4.09. The number of hydrogen-bond acceptors (Lipinski definition) is 4. The van der Waals surface area contributed by atoms with E-state index in [4.69, 9.17) is 0 Å². The lowest BCUT2D eigenvalue weighted by atomic mass is 9.81. The summed E-state index contributed by atoms with van der Waals surface area (Å²) in [6.07, 6.45) is 1.99. The number of rotatable bonds is 2. The predicted molar refractivity (Wildman–Crippen MR) is 106 cm³/mol. The zero-order valence-electron chi connectivity index (χ0n) is 16.0. The van der Waals surface area contributed by atoms with Gasteiger partial charge in [0.25, 0.3) is 0 Å². The molecular weight excluding hydrogens is 375 g/mol. The molecule has 5 rings (SSSR count). The molecule has 2 amide bonds. The highest BCUT2D eigenvalue weighted by atomic mass is 32.1. The maximum absolute atomic E-state index is 13.3. The number of nitrogens with zero attached hydrogens (tertiary/aromatic N) is 2. The second-order valence-electron chi connectivity index (χ2n) is 8.22. The van der Waals surface area contributed by atoms with E-state index < -0.39 is 0 Å². The Morgan fingerprint density at radius 1 is 1.07 bits per heavy atom. The highest BCUT2D eigenvalue weighted by Crippen LogP contribution is 2.60. The molecule has 28 heavy (non-hydrogen) atoms. The van der Waals surface area contributed by atoms with Crippen molar-refractivity contribution in [3.8, 4) is 11.3 Å². The number of amides is 2. The van der Waals surface area contributed by atoms with Crippen LogP contribution in [0.1, 0.15) is 31.6 Å². The fourth-order valence-corrected chi connectivity index (χ4v) is 6.48. The molecule has 0 spiro atoms. The fourth-order valence-electron chi connectivity index (χ4n) is 5.53. The second-order valence-corrected chi connectivity index (χ2v) is 9.40. The quantitative estimate of drug-likeness (QED) is 0.544. The molecule has 0 unspecified atom stereocenters. The van der Waals surface area contributed by atoms with E-state index in [0.717, 1.165) is 23.3 Å². The van der Waals surface area contributed by atoms with E-state index in [1.165, 1.54) is 39.5 Å². The van der Waals surface area contributed by atoms with Gasteiger partial charge in [0.2, 0.25) is 11.8 Å². The number of benzene rings is 1. The first-order valence-electron chi connectivity index (χ1n) is 9.67. The van der Waals surface area contributed by atoms with Gasteiger partial charge in [-0.3, -0.25) is 9.59 Å². The van der Waals surface area contributed by atoms with Gasteiger partial charge >= 0.3 is 0 Å². The lowest BCUT2D eigenvalue weighted by molar-refractivity contribution is -0.123. The van der Waals surface area contributed by atoms with Crippen LogP contribution >= 0.6 is 11.3 Å². The molecule has 4 atom stereocenters. The molecule has 2 aliphatic carbocycles. The van der Waals surface area contributed by atoms with Gasteiger partial charge in [0.15, 0.2) is 5.13 Å². The van der Waals surface area contributed by atoms with Crippen LogP contribution in [0.5, 0.6) is 0 Å². The van der Waals surface area contributed by atoms with E-state index in [-0.39, 0.29) is 41.3 Å². The maximum Gasteiger partial charge on any atom is 0.240 e. The van der Waals surface area contributed by atoms with E-state index in [1.54, 1.807) is 12.1 Å². The van der Waals surface area contributed by atoms with Gasteiger partial charge in [-0.25, -0.2) is 14.3 Å². The van der Waals surface area contributed by atoms with Crippen molar-refractivity contribution in [1.82, 2.24) is 4.98 Å². The van der Waals surface area contributed by atoms with Crippen molar-refractivity contribution >= 4 is 28.3 Å². The highest BCUT2D eigenvalue weighted by molar-refractivity contribution is 7.16. The molecule has 4 nitrogen and oxygen atoms in total. The zero-order chi connectivity index (χ0) is 19.7. The summed E-state index contributed by atoms with van der Waals surface area (Å²) in [6.45, 7) is 6.10. The van der Waals surface area contributed by atoms with Gasteiger partial charge in [-0.15, -0.1) is 11.3 Å². The number of allylic oxidation sites excluding steroid dienone is 2. The molecule has 3 aliphatic rings. The second kappa shape index (κ2) is 6.08. The summed E-state index contributed by atoms with van der Waals surface area (Å²) in [4.78, 5) is 33.4. The third-order valence-corrected chi connectivity index (χ3v) is 7.48. The molecule has 2 bridgehead atoms. The number of carbonyl (C=O) groups excluding carboxylic acids is 2. The average molecular weight is 396 g/mol. The Hall–Kier alpha value is -2.34. The van der Waals surface area contributed by atoms with Crippen LogP contribution in [0.2, 0.25) is 0 Å². The maximum atomic E-state index is 13.3. The summed E-state index contributed by atoms with van der Waals surface area (Å²) in [6, 6.07) is 6.13. The van der Waals surface area contributed by atoms with Crippen LogP contribution in [-0.2, 0) is 9.59 Å². The molecule has 6 heteroatoms. The summed E-state index contributed by atoms with van der Waals surface area (Å²) in [5, 5.41) is 0.444. The molecule has 2 heterocycles. The molecule has 144 valence electrons. The smallest absolute Gasteiger partial charge is 0.240 e. The van der Waals surface area contributed by atoms with Crippen LogP contribution in [0, 0.1) is 36.4 Å². The van der Waals surface area contributed by atoms with Gasteiger partial charge in [-0.2, -0.15) is 0 Å². The highest BCUT2D eigenvalue weighted by Gasteiger charge is 2.64. The van der Waals surface area contributed by atoms with Crippen LogP contribution in [0.15, 0.2) is 35.4 Å². The average Bonchev–Trinajstić information content (AvgIpc) is 3.37. The largest absolute Gasteiger partial charge is 0.274 e. The Bertz CT molecular complexity index is 1000. The molecule has 1 aromatic heterocycles. The van der Waals surface area contributed by atoms with Crippen molar-refractivity contribution in [2.45, 2.75) is 33.6 Å². The summed E-state index contributed by atoms with van der Waals surface area (Å²) < 4.78 is 13.2. The van der Waals surface area contributed by atoms with E-state index >= 15 is 0 Å². The predicted octanol–water partition coefficient (Wildman–Crippen LogP) is 4.74. The third kappa shape index (κ3) is 2.30. The van der Waals surface area contributed by atoms with Gasteiger partial charge in [-0.1, -0.05) is 11.1 Å². The van der Waals surface area contributed by atoms with Crippen molar-refractivity contribution < 1.29 is 14.0 Å². The summed E-state index contributed by atoms with van der Waals surface area (Å²) >= 11 is 1.35. The Morgan fingerprint density at radius 2 is 1.64 bits per heavy atom. The minimum atomic E-state index is -0.305. The van der Waals surface area contributed by atoms with Crippen molar-refractivity contribution in [1.29, 1.82) is 0 Å². The van der Waals surface area contributed by atoms with Crippen LogP contribution in [0.4, 0.5) is 9.52 Å². The van der Waals surface area contributed by atoms with E-state index in [2.05, 4.69) is 18.8 Å². The molecule has 2 aromatic rings. The lowest BCUT2D eigenvalue weighted by Crippen LogP contribution is -2.33. The monoisotopic (exact) mass is 396 g/mol. The Kier molecular flexibility index (Phi) is 3.85. The zero-order valence-corrected chi connectivity index (χ0v) is 16.8. The van der Waals surface area contributed by atoms with Gasteiger partial charge in [0.05, 0.1) is 17.5 Å². The van der Waals surface area contributed by atoms with Crippen LogP contribution in [0.25, 0.3) is 11.3 Å². The Morgan fingerprint density at radius 3 is 2.18 bits per heavy atom. The number of carbonyl (C=O) groups is 2. The minimum Gasteiger partial charge on any atom is -0.274 e. The fraction of sp³-hybridized carbons (Fsp3) is 0.409. The number of imide groups is 1. The van der Waals surface area contributed by atoms with Crippen LogP contribution < -0.4 is 4.90 Å². The standard InChI is InChI=1S/C22H21FN2O2S/c1-10(2)16-14-8-9-15(16)18-17(14)20(26)25(21(18)27)22-24-19(11(3)28-22)12-4-6-13(23)7-5-12/h4-7,14-15,17-18H,8-9H2,1-3H3/t14-,15+,17+,18-. The van der Waals surface area contributed by atoms with Crippen molar-refractivity contribution in [2.24, 2.45) is 23.7 Å². The number of aryl methyl sites for hydroxylation is 1. The number of aromatic nitrogens is 1. The Balaban J connectivity index is 1.52. The van der Waals surface area contributed by atoms with E-state index in [1.807, 2.05) is 6.92 Å². The normalized spacial score (nSPS) is 28.4. The molecule has 1 aromatic carbocycles. The topological polar surface area (TPSA) is 50.3 Å². The number of hydrogen-bond donors (Lipinski definition) is 0. The van der Waals surface area contributed by atoms with Crippen molar-refractivity contribution in [3.63, 3.8) is 0 Å². The number of halogens is 1. The summed E-state index contributed by atoms with van der Waals surface area (Å²) in [7, 11) is 0. The first kappa shape index (κ1) is 17.7. The number of thiazole rings is 1. The molecule has 2 saturated carbocycles. The first-order chi connectivity index (χ1) is 13.4. The SMILES string of the molecule is CC(C)=C1[C@H]2CC[C@@H]1[C@H]1C(=O)N(c3nc(-c4ccc(F)cc4)c(C)s3)C(=O)[C@H]12. The third-order valence-electron chi connectivity index (χ3n) is 6.52. The van der Waals surface area contributed by atoms with E-state index in [0.29, 0.717) is 10.8 Å². The van der Waals surface area contributed by atoms with Gasteiger partial charge in [-0.05, 0) is 69.7 Å². The number of fused-ring (bicyclic) bond motifs is 5. The van der Waals surface area contributed by atoms with Crippen LogP contribution in [-0.4, -0.2) is 16.8 Å². The van der Waals surface area contributed by atoms with Gasteiger partial charge in [0.1, 0.15) is 5.82 Å².